The van der Waals surface area contributed by atoms with E-state index in [1.165, 1.54) is 0 Å². The Hall–Kier alpha value is -2.14. The second kappa shape index (κ2) is 6.88. The molecule has 0 spiro atoms. The Morgan fingerprint density at radius 3 is 2.50 bits per heavy atom. The van der Waals surface area contributed by atoms with Crippen LogP contribution in [0.2, 0.25) is 0 Å². The third-order valence-corrected chi connectivity index (χ3v) is 5.03. The van der Waals surface area contributed by atoms with Gasteiger partial charge in [0.25, 0.3) is 5.91 Å². The van der Waals surface area contributed by atoms with Crippen molar-refractivity contribution < 1.29 is 14.3 Å². The molecule has 1 aliphatic rings. The molecule has 0 fully saturated rings. The van der Waals surface area contributed by atoms with Crippen molar-refractivity contribution in [1.82, 2.24) is 0 Å². The van der Waals surface area contributed by atoms with Crippen LogP contribution in [-0.2, 0) is 16.1 Å². The molecule has 5 heteroatoms. The molecule has 2 aromatic carbocycles. The first kappa shape index (κ1) is 18.6. The summed E-state index contributed by atoms with van der Waals surface area (Å²) >= 11 is 3.55. The van der Waals surface area contributed by atoms with Crippen LogP contribution < -0.4 is 4.90 Å². The van der Waals surface area contributed by atoms with Crippen LogP contribution in [-0.4, -0.2) is 17.5 Å². The van der Waals surface area contributed by atoms with Gasteiger partial charge in [-0.1, -0.05) is 40.2 Å². The summed E-state index contributed by atoms with van der Waals surface area (Å²) in [5.41, 5.74) is 2.89. The van der Waals surface area contributed by atoms with Crippen LogP contribution in [0, 0.1) is 0 Å². The molecule has 0 aromatic heterocycles. The van der Waals surface area contributed by atoms with Gasteiger partial charge in [0, 0.05) is 15.7 Å². The first-order chi connectivity index (χ1) is 12.2. The molecule has 4 nitrogen and oxygen atoms in total. The maximum Gasteiger partial charge on any atom is 0.313 e. The smallest absolute Gasteiger partial charge is 0.313 e. The number of ether oxygens (including phenoxy) is 1. The highest BCUT2D eigenvalue weighted by Gasteiger charge is 2.29. The number of hydrogen-bond donors (Lipinski definition) is 0. The average Bonchev–Trinajstić information content (AvgIpc) is 2.90. The Kier molecular flexibility index (Phi) is 4.93. The number of carbonyl (C=O) groups excluding carboxylic acids is 2. The summed E-state index contributed by atoms with van der Waals surface area (Å²) in [5.74, 6) is -0.667. The summed E-state index contributed by atoms with van der Waals surface area (Å²) in [6.07, 6.45) is 0. The second-order valence-electron chi connectivity index (χ2n) is 7.51. The largest absolute Gasteiger partial charge is 0.460 e. The zero-order chi connectivity index (χ0) is 19.1. The van der Waals surface area contributed by atoms with Gasteiger partial charge in [-0.2, -0.15) is 0 Å². The Morgan fingerprint density at radius 1 is 1.19 bits per heavy atom. The number of anilines is 1. The van der Waals surface area contributed by atoms with Crippen LogP contribution in [0.5, 0.6) is 0 Å². The molecule has 0 N–H and O–H groups in total. The number of halogens is 1. The quantitative estimate of drug-likeness (QED) is 0.658. The fourth-order valence-corrected chi connectivity index (χ4v) is 3.73. The molecular formula is C21H22BrNO3. The normalized spacial score (nSPS) is 15.0. The van der Waals surface area contributed by atoms with Crippen molar-refractivity contribution in [3.05, 3.63) is 63.6 Å². The van der Waals surface area contributed by atoms with Gasteiger partial charge in [-0.25, -0.2) is 0 Å². The lowest BCUT2D eigenvalue weighted by atomic mass is 10.0. The number of amides is 1. The van der Waals surface area contributed by atoms with E-state index >= 15 is 0 Å². The Morgan fingerprint density at radius 2 is 1.88 bits per heavy atom. The highest BCUT2D eigenvalue weighted by molar-refractivity contribution is 9.10. The summed E-state index contributed by atoms with van der Waals surface area (Å²) in [5, 5.41) is 0. The van der Waals surface area contributed by atoms with Gasteiger partial charge in [0.1, 0.15) is 5.60 Å². The topological polar surface area (TPSA) is 46.6 Å². The van der Waals surface area contributed by atoms with Crippen molar-refractivity contribution in [2.75, 3.05) is 4.90 Å². The van der Waals surface area contributed by atoms with Crippen LogP contribution in [0.3, 0.4) is 0 Å². The number of rotatable bonds is 3. The molecule has 26 heavy (non-hydrogen) atoms. The lowest BCUT2D eigenvalue weighted by Gasteiger charge is -2.23. The molecular weight excluding hydrogens is 394 g/mol. The summed E-state index contributed by atoms with van der Waals surface area (Å²) in [4.78, 5) is 26.7. The molecule has 0 aliphatic carbocycles. The molecule has 136 valence electrons. The third-order valence-electron chi connectivity index (χ3n) is 4.34. The summed E-state index contributed by atoms with van der Waals surface area (Å²) < 4.78 is 6.26. The van der Waals surface area contributed by atoms with Crippen LogP contribution >= 0.6 is 15.9 Å². The van der Waals surface area contributed by atoms with E-state index in [1.54, 1.807) is 4.90 Å². The van der Waals surface area contributed by atoms with E-state index in [4.69, 9.17) is 4.74 Å². The minimum absolute atomic E-state index is 0.000408. The molecule has 0 bridgehead atoms. The fraction of sp³-hybridized carbons (Fsp3) is 0.333. The van der Waals surface area contributed by atoms with E-state index in [9.17, 15) is 9.59 Å². The van der Waals surface area contributed by atoms with E-state index in [1.807, 2.05) is 70.2 Å². The molecule has 1 atom stereocenters. The molecule has 1 unspecified atom stereocenters. The molecule has 1 amide bonds. The van der Waals surface area contributed by atoms with Crippen molar-refractivity contribution in [1.29, 1.82) is 0 Å². The van der Waals surface area contributed by atoms with Crippen molar-refractivity contribution in [2.24, 2.45) is 0 Å². The van der Waals surface area contributed by atoms with Gasteiger partial charge in [0.05, 0.1) is 12.5 Å². The second-order valence-corrected chi connectivity index (χ2v) is 8.36. The Labute approximate surface area is 162 Å². The number of carbonyl (C=O) groups is 2. The minimum atomic E-state index is -0.522. The zero-order valence-corrected chi connectivity index (χ0v) is 17.0. The maximum atomic E-state index is 12.6. The van der Waals surface area contributed by atoms with Gasteiger partial charge in [-0.05, 0) is 57.0 Å². The molecule has 3 rings (SSSR count). The van der Waals surface area contributed by atoms with Crippen molar-refractivity contribution >= 4 is 33.5 Å². The molecule has 0 radical (unpaired) electrons. The van der Waals surface area contributed by atoms with Crippen molar-refractivity contribution in [3.63, 3.8) is 0 Å². The van der Waals surface area contributed by atoms with E-state index in [-0.39, 0.29) is 11.9 Å². The SMILES string of the molecule is CC(C(=O)OC(C)(C)C)c1ccc(N2Cc3ccccc3C2=O)cc1Br. The van der Waals surface area contributed by atoms with E-state index in [0.29, 0.717) is 6.54 Å². The fourth-order valence-electron chi connectivity index (χ4n) is 3.02. The zero-order valence-electron chi connectivity index (χ0n) is 15.4. The molecule has 0 saturated heterocycles. The predicted octanol–water partition coefficient (Wildman–Crippen LogP) is 5.05. The maximum absolute atomic E-state index is 12.6. The lowest BCUT2D eigenvalue weighted by molar-refractivity contribution is -0.156. The molecule has 1 aliphatic heterocycles. The predicted molar refractivity (Wildman–Crippen MR) is 105 cm³/mol. The summed E-state index contributed by atoms with van der Waals surface area (Å²) in [6, 6.07) is 13.3. The van der Waals surface area contributed by atoms with Crippen LogP contribution in [0.1, 0.15) is 55.1 Å². The number of hydrogen-bond acceptors (Lipinski definition) is 3. The van der Waals surface area contributed by atoms with Gasteiger partial charge < -0.3 is 9.64 Å². The van der Waals surface area contributed by atoms with Gasteiger partial charge in [-0.15, -0.1) is 0 Å². The van der Waals surface area contributed by atoms with Gasteiger partial charge >= 0.3 is 5.97 Å². The minimum Gasteiger partial charge on any atom is -0.460 e. The van der Waals surface area contributed by atoms with E-state index < -0.39 is 11.5 Å². The number of nitrogens with zero attached hydrogens (tertiary/aromatic N) is 1. The van der Waals surface area contributed by atoms with E-state index in [0.717, 1.165) is 26.9 Å². The standard InChI is InChI=1S/C21H22BrNO3/c1-13(20(25)26-21(2,3)4)16-10-9-15(11-18(16)22)23-12-14-7-5-6-8-17(14)19(23)24/h5-11,13H,12H2,1-4H3. The average molecular weight is 416 g/mol. The Bertz CT molecular complexity index is 870. The van der Waals surface area contributed by atoms with Crippen LogP contribution in [0.15, 0.2) is 46.9 Å². The number of fused-ring (bicyclic) bond motifs is 1. The first-order valence-corrected chi connectivity index (χ1v) is 9.39. The highest BCUT2D eigenvalue weighted by atomic mass is 79.9. The van der Waals surface area contributed by atoms with Crippen LogP contribution in [0.25, 0.3) is 0 Å². The molecule has 2 aromatic rings. The van der Waals surface area contributed by atoms with E-state index in [2.05, 4.69) is 15.9 Å². The monoisotopic (exact) mass is 415 g/mol. The molecule has 0 saturated carbocycles. The highest BCUT2D eigenvalue weighted by Crippen LogP contribution is 2.34. The van der Waals surface area contributed by atoms with Crippen molar-refractivity contribution in [2.45, 2.75) is 45.8 Å². The van der Waals surface area contributed by atoms with Gasteiger partial charge in [0.15, 0.2) is 0 Å². The summed E-state index contributed by atoms with van der Waals surface area (Å²) in [6.45, 7) is 7.94. The van der Waals surface area contributed by atoms with Gasteiger partial charge in [-0.3, -0.25) is 9.59 Å². The number of esters is 1. The lowest BCUT2D eigenvalue weighted by Crippen LogP contribution is -2.27. The van der Waals surface area contributed by atoms with Crippen LogP contribution in [0.4, 0.5) is 5.69 Å². The number of benzene rings is 2. The molecule has 1 heterocycles. The third kappa shape index (κ3) is 3.68. The summed E-state index contributed by atoms with van der Waals surface area (Å²) in [7, 11) is 0. The Balaban J connectivity index is 1.83. The van der Waals surface area contributed by atoms with Gasteiger partial charge in [0.2, 0.25) is 0 Å². The first-order valence-electron chi connectivity index (χ1n) is 8.59. The van der Waals surface area contributed by atoms with Crippen molar-refractivity contribution in [3.8, 4) is 0 Å².